The standard InChI is InChI=1S/C21H23N5O2/c1-12-7-8-22-19(24-12)15-10-14(15)16-5-6-17-18(26-16)9-13(11-23-17)25-20(27)28-21(2,3)4/h5-9,11,14-15H,10H2,1-4H3,(H,25,27)/t14-,15-/m0/s1. The van der Waals surface area contributed by atoms with Gasteiger partial charge in [-0.15, -0.1) is 0 Å². The van der Waals surface area contributed by atoms with Crippen molar-refractivity contribution in [1.29, 1.82) is 0 Å². The van der Waals surface area contributed by atoms with Gasteiger partial charge in [0.1, 0.15) is 11.4 Å². The van der Waals surface area contributed by atoms with Crippen molar-refractivity contribution in [3.05, 3.63) is 53.9 Å². The third-order valence-electron chi connectivity index (χ3n) is 4.52. The van der Waals surface area contributed by atoms with Gasteiger partial charge in [0, 0.05) is 29.4 Å². The van der Waals surface area contributed by atoms with Crippen molar-refractivity contribution < 1.29 is 9.53 Å². The molecule has 1 aliphatic rings. The van der Waals surface area contributed by atoms with Gasteiger partial charge in [0.05, 0.1) is 22.9 Å². The van der Waals surface area contributed by atoms with Gasteiger partial charge in [-0.1, -0.05) is 0 Å². The number of hydrogen-bond acceptors (Lipinski definition) is 6. The summed E-state index contributed by atoms with van der Waals surface area (Å²) >= 11 is 0. The number of ether oxygens (including phenoxy) is 1. The van der Waals surface area contributed by atoms with E-state index in [1.807, 2.05) is 52.0 Å². The highest BCUT2D eigenvalue weighted by Gasteiger charge is 2.42. The Labute approximate surface area is 163 Å². The summed E-state index contributed by atoms with van der Waals surface area (Å²) in [5.74, 6) is 1.50. The van der Waals surface area contributed by atoms with Crippen LogP contribution in [0, 0.1) is 6.92 Å². The number of rotatable bonds is 3. The van der Waals surface area contributed by atoms with Gasteiger partial charge in [0.25, 0.3) is 0 Å². The first-order chi connectivity index (χ1) is 13.3. The zero-order chi connectivity index (χ0) is 19.9. The van der Waals surface area contributed by atoms with Gasteiger partial charge in [0.2, 0.25) is 0 Å². The van der Waals surface area contributed by atoms with Crippen molar-refractivity contribution in [2.24, 2.45) is 0 Å². The largest absolute Gasteiger partial charge is 0.444 e. The Bertz CT molecular complexity index is 1040. The Morgan fingerprint density at radius 3 is 2.68 bits per heavy atom. The molecule has 0 spiro atoms. The molecule has 7 heteroatoms. The average Bonchev–Trinajstić information content (AvgIpc) is 3.40. The van der Waals surface area contributed by atoms with E-state index in [1.165, 1.54) is 0 Å². The molecule has 1 N–H and O–H groups in total. The van der Waals surface area contributed by atoms with Crippen LogP contribution in [0.1, 0.15) is 56.2 Å². The molecule has 2 atom stereocenters. The lowest BCUT2D eigenvalue weighted by Gasteiger charge is -2.19. The minimum atomic E-state index is -0.557. The normalized spacial score (nSPS) is 18.7. The Hall–Kier alpha value is -3.09. The van der Waals surface area contributed by atoms with Crippen molar-refractivity contribution in [2.75, 3.05) is 5.32 Å². The second-order valence-electron chi connectivity index (χ2n) is 8.13. The Kier molecular flexibility index (Phi) is 4.45. The molecule has 0 radical (unpaired) electrons. The molecule has 3 heterocycles. The van der Waals surface area contributed by atoms with Crippen LogP contribution in [-0.4, -0.2) is 31.6 Å². The van der Waals surface area contributed by atoms with Crippen molar-refractivity contribution in [1.82, 2.24) is 19.9 Å². The second kappa shape index (κ2) is 6.82. The summed E-state index contributed by atoms with van der Waals surface area (Å²) in [6.07, 6.45) is 3.89. The molecule has 144 valence electrons. The number of anilines is 1. The summed E-state index contributed by atoms with van der Waals surface area (Å²) in [6, 6.07) is 7.69. The average molecular weight is 377 g/mol. The van der Waals surface area contributed by atoms with Crippen LogP contribution in [0.3, 0.4) is 0 Å². The van der Waals surface area contributed by atoms with Crippen LogP contribution >= 0.6 is 0 Å². The summed E-state index contributed by atoms with van der Waals surface area (Å²) in [4.78, 5) is 30.1. The fraction of sp³-hybridized carbons (Fsp3) is 0.381. The van der Waals surface area contributed by atoms with Crippen LogP contribution in [0.2, 0.25) is 0 Å². The highest BCUT2D eigenvalue weighted by atomic mass is 16.6. The van der Waals surface area contributed by atoms with Crippen LogP contribution in [0.4, 0.5) is 10.5 Å². The lowest BCUT2D eigenvalue weighted by molar-refractivity contribution is 0.0636. The van der Waals surface area contributed by atoms with Gasteiger partial charge in [-0.05, 0) is 58.4 Å². The Balaban J connectivity index is 1.53. The summed E-state index contributed by atoms with van der Waals surface area (Å²) in [7, 11) is 0. The first kappa shape index (κ1) is 18.3. The molecule has 0 aliphatic heterocycles. The lowest BCUT2D eigenvalue weighted by Crippen LogP contribution is -2.27. The number of carbonyl (C=O) groups excluding carboxylic acids is 1. The molecule has 0 aromatic carbocycles. The van der Waals surface area contributed by atoms with Crippen molar-refractivity contribution in [3.63, 3.8) is 0 Å². The van der Waals surface area contributed by atoms with Crippen molar-refractivity contribution in [2.45, 2.75) is 51.6 Å². The number of amides is 1. The fourth-order valence-corrected chi connectivity index (χ4v) is 3.17. The molecule has 7 nitrogen and oxygen atoms in total. The molecular formula is C21H23N5O2. The zero-order valence-electron chi connectivity index (χ0n) is 16.4. The molecule has 3 aromatic rings. The molecule has 1 amide bonds. The minimum Gasteiger partial charge on any atom is -0.444 e. The third-order valence-corrected chi connectivity index (χ3v) is 4.52. The van der Waals surface area contributed by atoms with E-state index in [9.17, 15) is 4.79 Å². The summed E-state index contributed by atoms with van der Waals surface area (Å²) < 4.78 is 5.29. The van der Waals surface area contributed by atoms with E-state index in [2.05, 4.69) is 20.3 Å². The van der Waals surface area contributed by atoms with Crippen molar-refractivity contribution in [3.8, 4) is 0 Å². The molecule has 28 heavy (non-hydrogen) atoms. The van der Waals surface area contributed by atoms with Gasteiger partial charge in [-0.3, -0.25) is 15.3 Å². The Morgan fingerprint density at radius 1 is 1.11 bits per heavy atom. The first-order valence-electron chi connectivity index (χ1n) is 9.35. The Morgan fingerprint density at radius 2 is 1.93 bits per heavy atom. The van der Waals surface area contributed by atoms with E-state index in [1.54, 1.807) is 12.4 Å². The number of aryl methyl sites for hydroxylation is 1. The number of hydrogen-bond donors (Lipinski definition) is 1. The van der Waals surface area contributed by atoms with Crippen LogP contribution in [0.15, 0.2) is 36.7 Å². The van der Waals surface area contributed by atoms with Gasteiger partial charge in [-0.25, -0.2) is 14.8 Å². The topological polar surface area (TPSA) is 89.9 Å². The van der Waals surface area contributed by atoms with Gasteiger partial charge >= 0.3 is 6.09 Å². The second-order valence-corrected chi connectivity index (χ2v) is 8.13. The maximum atomic E-state index is 12.0. The maximum Gasteiger partial charge on any atom is 0.412 e. The van der Waals surface area contributed by atoms with E-state index < -0.39 is 11.7 Å². The number of fused-ring (bicyclic) bond motifs is 1. The van der Waals surface area contributed by atoms with Crippen LogP contribution in [0.5, 0.6) is 0 Å². The molecular weight excluding hydrogens is 354 g/mol. The van der Waals surface area contributed by atoms with E-state index >= 15 is 0 Å². The van der Waals surface area contributed by atoms with Gasteiger partial charge in [0.15, 0.2) is 0 Å². The first-order valence-corrected chi connectivity index (χ1v) is 9.35. The van der Waals surface area contributed by atoms with Gasteiger partial charge in [-0.2, -0.15) is 0 Å². The molecule has 3 aromatic heterocycles. The van der Waals surface area contributed by atoms with Crippen LogP contribution in [-0.2, 0) is 4.74 Å². The predicted molar refractivity (Wildman–Crippen MR) is 106 cm³/mol. The predicted octanol–water partition coefficient (Wildman–Crippen LogP) is 4.35. The number of nitrogens with zero attached hydrogens (tertiary/aromatic N) is 4. The number of nitrogens with one attached hydrogen (secondary N) is 1. The molecule has 1 fully saturated rings. The van der Waals surface area contributed by atoms with E-state index in [-0.39, 0.29) is 0 Å². The van der Waals surface area contributed by atoms with Gasteiger partial charge < -0.3 is 4.74 Å². The van der Waals surface area contributed by atoms with E-state index in [4.69, 9.17) is 9.72 Å². The lowest BCUT2D eigenvalue weighted by atomic mass is 10.2. The molecule has 4 rings (SSSR count). The highest BCUT2D eigenvalue weighted by Crippen LogP contribution is 2.53. The van der Waals surface area contributed by atoms with E-state index in [0.29, 0.717) is 17.5 Å². The SMILES string of the molecule is Cc1ccnc([C@H]2C[C@@H]2c2ccc3ncc(NC(=O)OC(C)(C)C)cc3n2)n1. The van der Waals surface area contributed by atoms with Crippen LogP contribution in [0.25, 0.3) is 11.0 Å². The molecule has 0 unspecified atom stereocenters. The quantitative estimate of drug-likeness (QED) is 0.730. The summed E-state index contributed by atoms with van der Waals surface area (Å²) in [6.45, 7) is 7.44. The summed E-state index contributed by atoms with van der Waals surface area (Å²) in [5, 5.41) is 2.71. The highest BCUT2D eigenvalue weighted by molar-refractivity contribution is 5.88. The monoisotopic (exact) mass is 377 g/mol. The maximum absolute atomic E-state index is 12.0. The van der Waals surface area contributed by atoms with Crippen molar-refractivity contribution >= 4 is 22.8 Å². The summed E-state index contributed by atoms with van der Waals surface area (Å²) in [5.41, 5.74) is 3.49. The number of carbonyl (C=O) groups is 1. The number of aromatic nitrogens is 4. The van der Waals surface area contributed by atoms with Crippen LogP contribution < -0.4 is 5.32 Å². The smallest absolute Gasteiger partial charge is 0.412 e. The number of pyridine rings is 2. The molecule has 1 saturated carbocycles. The third kappa shape index (κ3) is 4.08. The fourth-order valence-electron chi connectivity index (χ4n) is 3.17. The molecule has 0 bridgehead atoms. The van der Waals surface area contributed by atoms with E-state index in [0.717, 1.165) is 34.7 Å². The zero-order valence-corrected chi connectivity index (χ0v) is 16.4. The minimum absolute atomic E-state index is 0.306. The molecule has 1 aliphatic carbocycles. The molecule has 0 saturated heterocycles.